The lowest BCUT2D eigenvalue weighted by atomic mass is 9.77. The fourth-order valence-corrected chi connectivity index (χ4v) is 5.29. The number of phenolic OH excluding ortho intramolecular Hbond substituents is 2. The second-order valence-electron chi connectivity index (χ2n) is 9.48. The molecule has 12 heteroatoms. The summed E-state index contributed by atoms with van der Waals surface area (Å²) in [7, 11) is 1.25. The van der Waals surface area contributed by atoms with Crippen LogP contribution < -0.4 is 5.32 Å². The standard InChI is InChI=1S/C25H33NO11/c1-3-12-14(7-16-13-8-18(29)17(28)6-11(13)4-5-26-16)15(23(33)34-2)10-35-24(12)37-25-22(32)21(31)20(30)19(9-27)36-25/h3,6,8,10,12,14,16,19-22,24-32H,1,4-5,7,9H2,2H3/p+1/t12-,14+,16+,19-,20-,21+,22-,24+,25+/m1/s1. The molecule has 204 valence electrons. The van der Waals surface area contributed by atoms with E-state index in [4.69, 9.17) is 18.9 Å². The van der Waals surface area contributed by atoms with Gasteiger partial charge in [-0.1, -0.05) is 6.08 Å². The summed E-state index contributed by atoms with van der Waals surface area (Å²) in [5.41, 5.74) is 1.96. The number of phenols is 2. The molecule has 37 heavy (non-hydrogen) atoms. The van der Waals surface area contributed by atoms with Gasteiger partial charge in [0, 0.05) is 30.2 Å². The molecular formula is C25H34NO11+. The predicted octanol–water partition coefficient (Wildman–Crippen LogP) is -1.70. The second kappa shape index (κ2) is 11.4. The number of esters is 1. The van der Waals surface area contributed by atoms with Gasteiger partial charge in [0.15, 0.2) is 17.8 Å². The molecule has 0 spiro atoms. The van der Waals surface area contributed by atoms with Crippen LogP contribution in [0.1, 0.15) is 23.6 Å². The van der Waals surface area contributed by atoms with E-state index in [-0.39, 0.29) is 23.1 Å². The smallest absolute Gasteiger partial charge is 0.337 e. The lowest BCUT2D eigenvalue weighted by Crippen LogP contribution is -2.87. The quantitative estimate of drug-likeness (QED) is 0.122. The van der Waals surface area contributed by atoms with Gasteiger partial charge in [-0.15, -0.1) is 6.58 Å². The van der Waals surface area contributed by atoms with Crippen molar-refractivity contribution < 1.29 is 59.7 Å². The van der Waals surface area contributed by atoms with Gasteiger partial charge in [-0.25, -0.2) is 4.79 Å². The van der Waals surface area contributed by atoms with Crippen molar-refractivity contribution in [1.29, 1.82) is 0 Å². The molecule has 0 aromatic heterocycles. The van der Waals surface area contributed by atoms with Gasteiger partial charge >= 0.3 is 5.97 Å². The zero-order valence-electron chi connectivity index (χ0n) is 20.3. The van der Waals surface area contributed by atoms with Crippen LogP contribution in [0.2, 0.25) is 0 Å². The number of nitrogens with two attached hydrogens (primary N) is 1. The monoisotopic (exact) mass is 524 g/mol. The number of quaternary nitrogens is 1. The molecular weight excluding hydrogens is 490 g/mol. The highest BCUT2D eigenvalue weighted by atomic mass is 16.8. The van der Waals surface area contributed by atoms with Crippen LogP contribution in [-0.4, -0.2) is 93.9 Å². The third-order valence-corrected chi connectivity index (χ3v) is 7.33. The molecule has 3 aliphatic rings. The van der Waals surface area contributed by atoms with Crippen LogP contribution in [0, 0.1) is 11.8 Å². The molecule has 9 atom stereocenters. The SMILES string of the molecule is C=C[C@H]1[C@H](O[C@@H]2O[C@H](CO)[C@@H](O)[C@H](O)[C@H]2O)OC=C(C(=O)OC)[C@H]1C[C@@H]1[NH2+]CCc2cc(O)c(O)cc21. The Hall–Kier alpha value is -2.71. The van der Waals surface area contributed by atoms with Crippen molar-refractivity contribution in [2.75, 3.05) is 20.3 Å². The van der Waals surface area contributed by atoms with Crippen LogP contribution in [0.25, 0.3) is 0 Å². The van der Waals surface area contributed by atoms with E-state index in [1.54, 1.807) is 12.1 Å². The molecule has 12 nitrogen and oxygen atoms in total. The largest absolute Gasteiger partial charge is 0.504 e. The normalized spacial score (nSPS) is 35.6. The first-order valence-electron chi connectivity index (χ1n) is 12.1. The minimum absolute atomic E-state index is 0.193. The highest BCUT2D eigenvalue weighted by Gasteiger charge is 2.48. The van der Waals surface area contributed by atoms with E-state index < -0.39 is 61.4 Å². The van der Waals surface area contributed by atoms with Crippen LogP contribution in [-0.2, 0) is 30.2 Å². The minimum atomic E-state index is -1.63. The van der Waals surface area contributed by atoms with Crippen LogP contribution in [0.4, 0.5) is 0 Å². The average Bonchev–Trinajstić information content (AvgIpc) is 2.89. The highest BCUT2D eigenvalue weighted by Crippen LogP contribution is 2.41. The van der Waals surface area contributed by atoms with E-state index in [0.717, 1.165) is 17.7 Å². The van der Waals surface area contributed by atoms with Crippen molar-refractivity contribution in [3.8, 4) is 11.5 Å². The number of fused-ring (bicyclic) bond motifs is 1. The number of aliphatic hydroxyl groups is 4. The minimum Gasteiger partial charge on any atom is -0.504 e. The number of benzene rings is 1. The Labute approximate surface area is 213 Å². The summed E-state index contributed by atoms with van der Waals surface area (Å²) in [6.45, 7) is 4.00. The fourth-order valence-electron chi connectivity index (χ4n) is 5.29. The number of hydrogen-bond donors (Lipinski definition) is 7. The number of ether oxygens (including phenoxy) is 4. The van der Waals surface area contributed by atoms with Crippen molar-refractivity contribution in [2.45, 2.75) is 55.9 Å². The van der Waals surface area contributed by atoms with Gasteiger partial charge in [-0.2, -0.15) is 0 Å². The van der Waals surface area contributed by atoms with Gasteiger partial charge in [-0.05, 0) is 17.7 Å². The highest BCUT2D eigenvalue weighted by molar-refractivity contribution is 5.89. The van der Waals surface area contributed by atoms with Gasteiger partial charge < -0.3 is 54.9 Å². The maximum absolute atomic E-state index is 12.7. The molecule has 3 aliphatic heterocycles. The average molecular weight is 525 g/mol. The maximum atomic E-state index is 12.7. The number of aromatic hydroxyl groups is 2. The van der Waals surface area contributed by atoms with Crippen molar-refractivity contribution >= 4 is 5.97 Å². The van der Waals surface area contributed by atoms with E-state index in [2.05, 4.69) is 11.9 Å². The van der Waals surface area contributed by atoms with Gasteiger partial charge in [0.25, 0.3) is 0 Å². The molecule has 1 aromatic carbocycles. The van der Waals surface area contributed by atoms with Crippen LogP contribution in [0.5, 0.6) is 11.5 Å². The number of aliphatic hydroxyl groups excluding tert-OH is 4. The molecule has 0 amide bonds. The summed E-state index contributed by atoms with van der Waals surface area (Å²) in [4.78, 5) is 12.7. The molecule has 4 rings (SSSR count). The summed E-state index contributed by atoms with van der Waals surface area (Å²) in [5, 5.41) is 62.2. The van der Waals surface area contributed by atoms with Crippen molar-refractivity contribution in [2.24, 2.45) is 11.8 Å². The molecule has 0 saturated carbocycles. The topological polar surface area (TPSA) is 192 Å². The molecule has 8 N–H and O–H groups in total. The number of hydrogen-bond acceptors (Lipinski definition) is 11. The summed E-state index contributed by atoms with van der Waals surface area (Å²) in [6.07, 6.45) is -4.67. The first-order chi connectivity index (χ1) is 17.7. The van der Waals surface area contributed by atoms with E-state index in [0.29, 0.717) is 12.8 Å². The van der Waals surface area contributed by atoms with Crippen molar-refractivity contribution in [3.63, 3.8) is 0 Å². The molecule has 1 saturated heterocycles. The third kappa shape index (κ3) is 5.32. The van der Waals surface area contributed by atoms with Gasteiger partial charge in [-0.3, -0.25) is 0 Å². The van der Waals surface area contributed by atoms with Gasteiger partial charge in [0.2, 0.25) is 6.29 Å². The van der Waals surface area contributed by atoms with E-state index in [1.807, 2.05) is 0 Å². The number of methoxy groups -OCH3 is 1. The summed E-state index contributed by atoms with van der Waals surface area (Å²) in [6, 6.07) is 2.88. The zero-order chi connectivity index (χ0) is 26.9. The van der Waals surface area contributed by atoms with Crippen molar-refractivity contribution in [1.82, 2.24) is 0 Å². The maximum Gasteiger partial charge on any atom is 0.337 e. The summed E-state index contributed by atoms with van der Waals surface area (Å²) < 4.78 is 22.0. The molecule has 0 bridgehead atoms. The molecule has 0 aliphatic carbocycles. The zero-order valence-corrected chi connectivity index (χ0v) is 20.3. The summed E-state index contributed by atoms with van der Waals surface area (Å²) in [5.74, 6) is -2.21. The third-order valence-electron chi connectivity index (χ3n) is 7.33. The fraction of sp³-hybridized carbons (Fsp3) is 0.560. The van der Waals surface area contributed by atoms with Crippen LogP contribution in [0.15, 0.2) is 36.6 Å². The Bertz CT molecular complexity index is 1030. The predicted molar refractivity (Wildman–Crippen MR) is 125 cm³/mol. The molecule has 1 fully saturated rings. The summed E-state index contributed by atoms with van der Waals surface area (Å²) >= 11 is 0. The number of carbonyl (C=O) groups excluding carboxylic acids is 1. The first-order valence-corrected chi connectivity index (χ1v) is 12.1. The first kappa shape index (κ1) is 27.3. The van der Waals surface area contributed by atoms with E-state index >= 15 is 0 Å². The Morgan fingerprint density at radius 2 is 1.89 bits per heavy atom. The molecule has 0 unspecified atom stereocenters. The van der Waals surface area contributed by atoms with Crippen molar-refractivity contribution in [3.05, 3.63) is 47.7 Å². The number of rotatable bonds is 7. The Morgan fingerprint density at radius 3 is 2.57 bits per heavy atom. The van der Waals surface area contributed by atoms with E-state index in [9.17, 15) is 35.4 Å². The Kier molecular flexibility index (Phi) is 8.39. The van der Waals surface area contributed by atoms with Gasteiger partial charge in [0.05, 0.1) is 32.1 Å². The number of carbonyl (C=O) groups is 1. The second-order valence-corrected chi connectivity index (χ2v) is 9.48. The molecule has 0 radical (unpaired) electrons. The molecule has 1 aromatic rings. The Morgan fingerprint density at radius 1 is 1.16 bits per heavy atom. The lowest BCUT2D eigenvalue weighted by molar-refractivity contribution is -0.700. The Balaban J connectivity index is 1.61. The lowest BCUT2D eigenvalue weighted by Gasteiger charge is -2.43. The van der Waals surface area contributed by atoms with Gasteiger partial charge in [0.1, 0.15) is 30.5 Å². The van der Waals surface area contributed by atoms with Crippen LogP contribution >= 0.6 is 0 Å². The van der Waals surface area contributed by atoms with E-state index in [1.165, 1.54) is 19.4 Å². The molecule has 3 heterocycles. The van der Waals surface area contributed by atoms with Crippen LogP contribution in [0.3, 0.4) is 0 Å².